The van der Waals surface area contributed by atoms with Crippen LogP contribution in [0.25, 0.3) is 0 Å². The Bertz CT molecular complexity index is 423. The molecule has 0 aromatic heterocycles. The quantitative estimate of drug-likeness (QED) is 0.467. The number of hydrogen-bond donors (Lipinski definition) is 2. The Morgan fingerprint density at radius 3 is 2.76 bits per heavy atom. The number of benzene rings is 1. The summed E-state index contributed by atoms with van der Waals surface area (Å²) < 4.78 is 4.91. The van der Waals surface area contributed by atoms with Crippen LogP contribution in [-0.4, -0.2) is 22.8 Å². The Kier molecular flexibility index (Phi) is 4.57. The molecular weight excluding hydrogens is 220 g/mol. The highest BCUT2D eigenvalue weighted by atomic mass is 16.5. The summed E-state index contributed by atoms with van der Waals surface area (Å²) in [7, 11) is 0. The first kappa shape index (κ1) is 13.1. The molecule has 1 aromatic rings. The maximum Gasteiger partial charge on any atom is 0.333 e. The molecule has 0 atom stereocenters. The molecule has 0 radical (unpaired) electrons. The SMILES string of the molecule is C=C(Cc1cccc(O)c1O)C(=O)OCCC. The first-order valence-electron chi connectivity index (χ1n) is 5.41. The van der Waals surface area contributed by atoms with Crippen molar-refractivity contribution < 1.29 is 19.7 Å². The highest BCUT2D eigenvalue weighted by molar-refractivity contribution is 5.88. The summed E-state index contributed by atoms with van der Waals surface area (Å²) in [5.41, 5.74) is 0.697. The van der Waals surface area contributed by atoms with E-state index in [-0.39, 0.29) is 23.5 Å². The van der Waals surface area contributed by atoms with Crippen LogP contribution in [0.15, 0.2) is 30.4 Å². The fourth-order valence-corrected chi connectivity index (χ4v) is 1.32. The highest BCUT2D eigenvalue weighted by Gasteiger charge is 2.12. The summed E-state index contributed by atoms with van der Waals surface area (Å²) >= 11 is 0. The Labute approximate surface area is 100 Å². The molecule has 92 valence electrons. The van der Waals surface area contributed by atoms with Gasteiger partial charge in [0.1, 0.15) is 0 Å². The van der Waals surface area contributed by atoms with Crippen LogP contribution >= 0.6 is 0 Å². The number of rotatable bonds is 5. The molecule has 0 heterocycles. The zero-order valence-corrected chi connectivity index (χ0v) is 9.77. The molecule has 0 bridgehead atoms. The van der Waals surface area contributed by atoms with Crippen molar-refractivity contribution in [3.05, 3.63) is 35.9 Å². The van der Waals surface area contributed by atoms with Crippen LogP contribution in [0.1, 0.15) is 18.9 Å². The van der Waals surface area contributed by atoms with Crippen LogP contribution in [-0.2, 0) is 16.0 Å². The van der Waals surface area contributed by atoms with Crippen molar-refractivity contribution in [2.75, 3.05) is 6.61 Å². The Hall–Kier alpha value is -1.97. The lowest BCUT2D eigenvalue weighted by Crippen LogP contribution is -2.09. The van der Waals surface area contributed by atoms with Crippen LogP contribution in [0.4, 0.5) is 0 Å². The monoisotopic (exact) mass is 236 g/mol. The molecule has 2 N–H and O–H groups in total. The van der Waals surface area contributed by atoms with E-state index >= 15 is 0 Å². The van der Waals surface area contributed by atoms with Gasteiger partial charge in [-0.25, -0.2) is 4.79 Å². The molecule has 0 spiro atoms. The van der Waals surface area contributed by atoms with Gasteiger partial charge in [-0.3, -0.25) is 0 Å². The number of carbonyl (C=O) groups is 1. The van der Waals surface area contributed by atoms with Gasteiger partial charge in [-0.2, -0.15) is 0 Å². The topological polar surface area (TPSA) is 66.8 Å². The van der Waals surface area contributed by atoms with Gasteiger partial charge in [0, 0.05) is 17.6 Å². The Morgan fingerprint density at radius 2 is 2.12 bits per heavy atom. The van der Waals surface area contributed by atoms with Crippen molar-refractivity contribution in [2.45, 2.75) is 19.8 Å². The number of para-hydroxylation sites is 1. The normalized spacial score (nSPS) is 9.94. The molecule has 4 nitrogen and oxygen atoms in total. The Balaban J connectivity index is 2.68. The van der Waals surface area contributed by atoms with E-state index in [1.165, 1.54) is 6.07 Å². The number of carbonyl (C=O) groups excluding carboxylic acids is 1. The third-order valence-electron chi connectivity index (χ3n) is 2.23. The number of hydrogen-bond acceptors (Lipinski definition) is 4. The molecule has 0 aliphatic heterocycles. The van der Waals surface area contributed by atoms with Gasteiger partial charge >= 0.3 is 5.97 Å². The lowest BCUT2D eigenvalue weighted by molar-refractivity contribution is -0.139. The van der Waals surface area contributed by atoms with Gasteiger partial charge < -0.3 is 14.9 Å². The highest BCUT2D eigenvalue weighted by Crippen LogP contribution is 2.29. The maximum atomic E-state index is 11.4. The van der Waals surface area contributed by atoms with Crippen molar-refractivity contribution in [3.63, 3.8) is 0 Å². The van der Waals surface area contributed by atoms with Crippen LogP contribution < -0.4 is 0 Å². The molecule has 17 heavy (non-hydrogen) atoms. The van der Waals surface area contributed by atoms with E-state index < -0.39 is 5.97 Å². The number of phenolic OH excluding ortho intramolecular Hbond substituents is 2. The summed E-state index contributed by atoms with van der Waals surface area (Å²) in [5.74, 6) is -0.913. The average Bonchev–Trinajstić information content (AvgIpc) is 2.31. The van der Waals surface area contributed by atoms with Crippen LogP contribution in [0.2, 0.25) is 0 Å². The minimum atomic E-state index is -0.477. The van der Waals surface area contributed by atoms with E-state index in [0.29, 0.717) is 12.2 Å². The smallest absolute Gasteiger partial charge is 0.333 e. The molecular formula is C13H16O4. The van der Waals surface area contributed by atoms with E-state index in [1.807, 2.05) is 6.92 Å². The van der Waals surface area contributed by atoms with Crippen LogP contribution in [0.3, 0.4) is 0 Å². The van der Waals surface area contributed by atoms with Gasteiger partial charge in [0.15, 0.2) is 11.5 Å². The lowest BCUT2D eigenvalue weighted by Gasteiger charge is -2.08. The van der Waals surface area contributed by atoms with Gasteiger partial charge in [0.25, 0.3) is 0 Å². The van der Waals surface area contributed by atoms with Crippen molar-refractivity contribution in [1.82, 2.24) is 0 Å². The van der Waals surface area contributed by atoms with Crippen molar-refractivity contribution in [1.29, 1.82) is 0 Å². The molecule has 0 saturated carbocycles. The number of aromatic hydroxyl groups is 2. The predicted octanol–water partition coefficient (Wildman–Crippen LogP) is 2.15. The number of ether oxygens (including phenoxy) is 1. The minimum Gasteiger partial charge on any atom is -0.504 e. The summed E-state index contributed by atoms with van der Waals surface area (Å²) in [6.45, 7) is 5.86. The fourth-order valence-electron chi connectivity index (χ4n) is 1.32. The lowest BCUT2D eigenvalue weighted by atomic mass is 10.1. The second kappa shape index (κ2) is 5.94. The van der Waals surface area contributed by atoms with Crippen molar-refractivity contribution in [2.24, 2.45) is 0 Å². The van der Waals surface area contributed by atoms with Gasteiger partial charge in [0.2, 0.25) is 0 Å². The van der Waals surface area contributed by atoms with Crippen LogP contribution in [0, 0.1) is 0 Å². The van der Waals surface area contributed by atoms with Gasteiger partial charge in [-0.15, -0.1) is 0 Å². The largest absolute Gasteiger partial charge is 0.504 e. The van der Waals surface area contributed by atoms with Crippen molar-refractivity contribution in [3.8, 4) is 11.5 Å². The second-order valence-electron chi connectivity index (χ2n) is 3.70. The summed E-state index contributed by atoms with van der Waals surface area (Å²) in [4.78, 5) is 11.4. The third-order valence-corrected chi connectivity index (χ3v) is 2.23. The maximum absolute atomic E-state index is 11.4. The first-order chi connectivity index (χ1) is 8.06. The second-order valence-corrected chi connectivity index (χ2v) is 3.70. The predicted molar refractivity (Wildman–Crippen MR) is 63.9 cm³/mol. The standard InChI is InChI=1S/C13H16O4/c1-3-7-17-13(16)9(2)8-10-5-4-6-11(14)12(10)15/h4-6,14-15H,2-3,7-8H2,1H3. The molecule has 0 aliphatic rings. The number of phenols is 2. The number of esters is 1. The molecule has 0 amide bonds. The van der Waals surface area contributed by atoms with E-state index in [1.54, 1.807) is 12.1 Å². The van der Waals surface area contributed by atoms with Gasteiger partial charge in [-0.1, -0.05) is 25.6 Å². The fraction of sp³-hybridized carbons (Fsp3) is 0.308. The first-order valence-corrected chi connectivity index (χ1v) is 5.41. The minimum absolute atomic E-state index is 0.156. The zero-order valence-electron chi connectivity index (χ0n) is 9.77. The molecule has 1 rings (SSSR count). The van der Waals surface area contributed by atoms with E-state index in [2.05, 4.69) is 6.58 Å². The van der Waals surface area contributed by atoms with Gasteiger partial charge in [-0.05, 0) is 12.5 Å². The summed E-state index contributed by atoms with van der Waals surface area (Å²) in [6.07, 6.45) is 0.902. The van der Waals surface area contributed by atoms with E-state index in [0.717, 1.165) is 6.42 Å². The third kappa shape index (κ3) is 3.52. The molecule has 0 unspecified atom stereocenters. The van der Waals surface area contributed by atoms with Crippen LogP contribution in [0.5, 0.6) is 11.5 Å². The Morgan fingerprint density at radius 1 is 1.41 bits per heavy atom. The van der Waals surface area contributed by atoms with E-state index in [4.69, 9.17) is 4.74 Å². The molecule has 0 saturated heterocycles. The molecule has 0 aliphatic carbocycles. The zero-order chi connectivity index (χ0) is 12.8. The molecule has 0 fully saturated rings. The van der Waals surface area contributed by atoms with E-state index in [9.17, 15) is 15.0 Å². The molecule has 4 heteroatoms. The molecule has 1 aromatic carbocycles. The van der Waals surface area contributed by atoms with Crippen molar-refractivity contribution >= 4 is 5.97 Å². The summed E-state index contributed by atoms with van der Waals surface area (Å²) in [5, 5.41) is 18.9. The van der Waals surface area contributed by atoms with Gasteiger partial charge in [0.05, 0.1) is 6.61 Å². The average molecular weight is 236 g/mol. The summed E-state index contributed by atoms with van der Waals surface area (Å²) in [6, 6.07) is 4.58.